The standard InChI is InChI=1S/C12H9Cl2N5O3S/c13-7-2-1-6(3-8(7)14)4-15-17-9(20)5-23-11-10(21)16-12(22)19-18-11/h1-4H,5H2,(H,17,20)(H2,16,19,21,22)/b15-4+. The van der Waals surface area contributed by atoms with Crippen LogP contribution in [-0.4, -0.2) is 33.1 Å². The molecule has 0 aliphatic carbocycles. The largest absolute Gasteiger partial charge is 0.342 e. The van der Waals surface area contributed by atoms with Crippen molar-refractivity contribution in [3.8, 4) is 0 Å². The Morgan fingerprint density at radius 3 is 2.83 bits per heavy atom. The molecular formula is C12H9Cl2N5O3S. The maximum absolute atomic E-state index is 11.6. The Labute approximate surface area is 143 Å². The van der Waals surface area contributed by atoms with Gasteiger partial charge in [0.25, 0.3) is 5.56 Å². The first-order chi connectivity index (χ1) is 11.0. The Bertz CT molecular complexity index is 864. The zero-order chi connectivity index (χ0) is 16.8. The van der Waals surface area contributed by atoms with Crippen LogP contribution >= 0.6 is 35.0 Å². The molecule has 0 spiro atoms. The Balaban J connectivity index is 1.87. The number of rotatable bonds is 5. The summed E-state index contributed by atoms with van der Waals surface area (Å²) < 4.78 is 0. The van der Waals surface area contributed by atoms with E-state index in [2.05, 4.69) is 20.7 Å². The average molecular weight is 374 g/mol. The predicted molar refractivity (Wildman–Crippen MR) is 88.4 cm³/mol. The van der Waals surface area contributed by atoms with E-state index < -0.39 is 17.2 Å². The fourth-order valence-electron chi connectivity index (χ4n) is 1.37. The monoisotopic (exact) mass is 373 g/mol. The maximum Gasteiger partial charge on any atom is 0.342 e. The highest BCUT2D eigenvalue weighted by Crippen LogP contribution is 2.21. The van der Waals surface area contributed by atoms with Crippen molar-refractivity contribution in [2.75, 3.05) is 5.75 Å². The highest BCUT2D eigenvalue weighted by molar-refractivity contribution is 7.99. The normalized spacial score (nSPS) is 10.9. The van der Waals surface area contributed by atoms with E-state index in [4.69, 9.17) is 23.2 Å². The van der Waals surface area contributed by atoms with E-state index in [0.29, 0.717) is 15.6 Å². The van der Waals surface area contributed by atoms with Crippen molar-refractivity contribution in [3.05, 3.63) is 54.6 Å². The van der Waals surface area contributed by atoms with E-state index >= 15 is 0 Å². The van der Waals surface area contributed by atoms with Gasteiger partial charge in [0, 0.05) is 0 Å². The van der Waals surface area contributed by atoms with Crippen molar-refractivity contribution in [3.63, 3.8) is 0 Å². The van der Waals surface area contributed by atoms with E-state index in [9.17, 15) is 14.4 Å². The molecular weight excluding hydrogens is 365 g/mol. The number of halogens is 2. The van der Waals surface area contributed by atoms with Crippen molar-refractivity contribution in [1.29, 1.82) is 0 Å². The van der Waals surface area contributed by atoms with Crippen LogP contribution in [-0.2, 0) is 4.79 Å². The van der Waals surface area contributed by atoms with Crippen LogP contribution < -0.4 is 16.7 Å². The van der Waals surface area contributed by atoms with E-state index in [1.807, 2.05) is 4.98 Å². The Morgan fingerprint density at radius 1 is 1.35 bits per heavy atom. The van der Waals surface area contributed by atoms with Gasteiger partial charge in [-0.15, -0.1) is 0 Å². The molecule has 0 unspecified atom stereocenters. The maximum atomic E-state index is 11.6. The van der Waals surface area contributed by atoms with E-state index in [1.165, 1.54) is 6.21 Å². The number of nitrogens with zero attached hydrogens (tertiary/aromatic N) is 2. The molecule has 1 amide bonds. The number of hydrogen-bond acceptors (Lipinski definition) is 6. The van der Waals surface area contributed by atoms with Gasteiger partial charge in [-0.05, 0) is 17.7 Å². The van der Waals surface area contributed by atoms with Gasteiger partial charge in [0.05, 0.1) is 22.0 Å². The number of carbonyl (C=O) groups is 1. The number of aromatic amines is 2. The number of hydrogen-bond donors (Lipinski definition) is 3. The fraction of sp³-hybridized carbons (Fsp3) is 0.0833. The Hall–Kier alpha value is -2.10. The number of nitrogens with one attached hydrogen (secondary N) is 3. The Morgan fingerprint density at radius 2 is 2.13 bits per heavy atom. The number of benzene rings is 1. The zero-order valence-electron chi connectivity index (χ0n) is 11.3. The molecule has 0 saturated heterocycles. The molecule has 23 heavy (non-hydrogen) atoms. The van der Waals surface area contributed by atoms with E-state index in [1.54, 1.807) is 18.2 Å². The van der Waals surface area contributed by atoms with Gasteiger partial charge in [0.15, 0.2) is 5.03 Å². The third kappa shape index (κ3) is 5.23. The summed E-state index contributed by atoms with van der Waals surface area (Å²) in [5, 5.41) is 10.1. The van der Waals surface area contributed by atoms with Crippen LogP contribution in [0.5, 0.6) is 0 Å². The highest BCUT2D eigenvalue weighted by Gasteiger charge is 2.07. The summed E-state index contributed by atoms with van der Waals surface area (Å²) in [4.78, 5) is 35.8. The summed E-state index contributed by atoms with van der Waals surface area (Å²) in [7, 11) is 0. The minimum absolute atomic E-state index is 0.0202. The van der Waals surface area contributed by atoms with Crippen LogP contribution in [0.15, 0.2) is 37.9 Å². The lowest BCUT2D eigenvalue weighted by Gasteiger charge is -1.99. The number of hydrazone groups is 1. The molecule has 11 heteroatoms. The molecule has 0 aliphatic heterocycles. The first-order valence-electron chi connectivity index (χ1n) is 6.04. The highest BCUT2D eigenvalue weighted by atomic mass is 35.5. The summed E-state index contributed by atoms with van der Waals surface area (Å²) in [6.07, 6.45) is 1.40. The number of amides is 1. The Kier molecular flexibility index (Phi) is 5.97. The smallest absolute Gasteiger partial charge is 0.272 e. The van der Waals surface area contributed by atoms with Gasteiger partial charge in [-0.25, -0.2) is 15.3 Å². The van der Waals surface area contributed by atoms with Crippen molar-refractivity contribution in [2.24, 2.45) is 5.10 Å². The molecule has 0 aliphatic rings. The van der Waals surface area contributed by atoms with Crippen LogP contribution in [0.2, 0.25) is 10.0 Å². The van der Waals surface area contributed by atoms with Gasteiger partial charge < -0.3 is 0 Å². The van der Waals surface area contributed by atoms with Crippen LogP contribution in [0, 0.1) is 0 Å². The van der Waals surface area contributed by atoms with Gasteiger partial charge in [-0.1, -0.05) is 41.0 Å². The second kappa shape index (κ2) is 7.95. The third-order valence-electron chi connectivity index (χ3n) is 2.37. The minimum Gasteiger partial charge on any atom is -0.272 e. The topological polar surface area (TPSA) is 120 Å². The lowest BCUT2D eigenvalue weighted by molar-refractivity contribution is -0.118. The molecule has 3 N–H and O–H groups in total. The second-order valence-corrected chi connectivity index (χ2v) is 5.85. The number of aromatic nitrogens is 3. The molecule has 1 aromatic carbocycles. The van der Waals surface area contributed by atoms with Gasteiger partial charge in [0.1, 0.15) is 0 Å². The molecule has 0 fully saturated rings. The quantitative estimate of drug-likeness (QED) is 0.410. The lowest BCUT2D eigenvalue weighted by Crippen LogP contribution is -2.26. The molecule has 0 atom stereocenters. The SMILES string of the molecule is O=C(CSc1n[nH]c(=O)[nH]c1=O)N/N=C/c1ccc(Cl)c(Cl)c1. The lowest BCUT2D eigenvalue weighted by atomic mass is 10.2. The first-order valence-corrected chi connectivity index (χ1v) is 7.78. The summed E-state index contributed by atoms with van der Waals surface area (Å²) in [6, 6.07) is 4.89. The minimum atomic E-state index is -0.713. The fourth-order valence-corrected chi connectivity index (χ4v) is 2.30. The molecule has 8 nitrogen and oxygen atoms in total. The zero-order valence-corrected chi connectivity index (χ0v) is 13.6. The number of H-pyrrole nitrogens is 2. The van der Waals surface area contributed by atoms with Gasteiger partial charge in [-0.3, -0.25) is 14.6 Å². The van der Waals surface area contributed by atoms with Crippen molar-refractivity contribution >= 4 is 47.1 Å². The molecule has 2 aromatic rings. The molecule has 1 heterocycles. The van der Waals surface area contributed by atoms with Crippen LogP contribution in [0.3, 0.4) is 0 Å². The number of carbonyl (C=O) groups excluding carboxylic acids is 1. The van der Waals surface area contributed by atoms with Crippen molar-refractivity contribution < 1.29 is 4.79 Å². The summed E-state index contributed by atoms with van der Waals surface area (Å²) >= 11 is 12.5. The molecule has 0 saturated carbocycles. The van der Waals surface area contributed by atoms with Crippen LogP contribution in [0.1, 0.15) is 5.56 Å². The van der Waals surface area contributed by atoms with Crippen LogP contribution in [0.4, 0.5) is 0 Å². The molecule has 120 valence electrons. The summed E-state index contributed by atoms with van der Waals surface area (Å²) in [5.74, 6) is -0.542. The van der Waals surface area contributed by atoms with E-state index in [-0.39, 0.29) is 10.8 Å². The van der Waals surface area contributed by atoms with Gasteiger partial charge in [0.2, 0.25) is 5.91 Å². The predicted octanol–water partition coefficient (Wildman–Crippen LogP) is 1.01. The molecule has 0 bridgehead atoms. The number of thioether (sulfide) groups is 1. The second-order valence-electron chi connectivity index (χ2n) is 4.07. The average Bonchev–Trinajstić information content (AvgIpc) is 2.50. The van der Waals surface area contributed by atoms with Gasteiger partial charge in [-0.2, -0.15) is 10.2 Å². The van der Waals surface area contributed by atoms with Gasteiger partial charge >= 0.3 is 5.69 Å². The van der Waals surface area contributed by atoms with Crippen LogP contribution in [0.25, 0.3) is 0 Å². The summed E-state index contributed by atoms with van der Waals surface area (Å²) in [6.45, 7) is 0. The van der Waals surface area contributed by atoms with Crippen molar-refractivity contribution in [2.45, 2.75) is 5.03 Å². The molecule has 0 radical (unpaired) electrons. The first kappa shape index (κ1) is 17.3. The third-order valence-corrected chi connectivity index (χ3v) is 4.06. The van der Waals surface area contributed by atoms with Crippen molar-refractivity contribution in [1.82, 2.24) is 20.6 Å². The summed E-state index contributed by atoms with van der Waals surface area (Å²) in [5.41, 5.74) is 1.57. The molecule has 2 rings (SSSR count). The molecule has 1 aromatic heterocycles. The van der Waals surface area contributed by atoms with E-state index in [0.717, 1.165) is 11.8 Å².